The van der Waals surface area contributed by atoms with E-state index in [1.807, 2.05) is 0 Å². The Hall–Kier alpha value is -1.41. The van der Waals surface area contributed by atoms with Crippen LogP contribution in [0.15, 0.2) is 24.3 Å². The van der Waals surface area contributed by atoms with Crippen LogP contribution in [0.5, 0.6) is 0 Å². The van der Waals surface area contributed by atoms with Crippen LogP contribution in [0.4, 0.5) is 0 Å². The molecule has 9 atom stereocenters. The molecule has 0 saturated carbocycles. The van der Waals surface area contributed by atoms with E-state index in [2.05, 4.69) is 43.5 Å². The van der Waals surface area contributed by atoms with Gasteiger partial charge in [0.1, 0.15) is 36.6 Å². The Morgan fingerprint density at radius 1 is 0.583 bits per heavy atom. The maximum Gasteiger partial charge on any atom is 0.249 e. The molecule has 0 spiro atoms. The van der Waals surface area contributed by atoms with Crippen LogP contribution in [0.1, 0.15) is 213 Å². The number of hydrogen-bond acceptors (Lipinski definition) is 10. The second-order valence-electron chi connectivity index (χ2n) is 17.6. The molecule has 11 heteroatoms. The molecule has 11 nitrogen and oxygen atoms in total. The number of ether oxygens (including phenoxy) is 2. The van der Waals surface area contributed by atoms with Gasteiger partial charge in [0.15, 0.2) is 6.29 Å². The molecule has 0 aromatic rings. The molecule has 1 saturated heterocycles. The molecule has 0 aliphatic carbocycles. The van der Waals surface area contributed by atoms with Gasteiger partial charge in [-0.1, -0.05) is 199 Å². The van der Waals surface area contributed by atoms with E-state index in [4.69, 9.17) is 9.47 Å². The van der Waals surface area contributed by atoms with E-state index in [1.54, 1.807) is 0 Å². The van der Waals surface area contributed by atoms with E-state index in [0.717, 1.165) is 44.9 Å². The molecular weight excluding hydrogens is 763 g/mol. The van der Waals surface area contributed by atoms with Gasteiger partial charge in [-0.3, -0.25) is 4.79 Å². The van der Waals surface area contributed by atoms with E-state index in [-0.39, 0.29) is 6.42 Å². The number of carbonyl (C=O) groups is 1. The lowest BCUT2D eigenvalue weighted by atomic mass is 9.98. The first-order valence-electron chi connectivity index (χ1n) is 24.8. The molecule has 354 valence electrons. The van der Waals surface area contributed by atoms with Crippen molar-refractivity contribution in [3.8, 4) is 0 Å². The fourth-order valence-electron chi connectivity index (χ4n) is 7.90. The monoisotopic (exact) mass is 856 g/mol. The van der Waals surface area contributed by atoms with Gasteiger partial charge in [-0.15, -0.1) is 0 Å². The topological polar surface area (TPSA) is 189 Å². The van der Waals surface area contributed by atoms with Crippen molar-refractivity contribution >= 4 is 5.91 Å². The number of aliphatic hydroxyl groups excluding tert-OH is 7. The van der Waals surface area contributed by atoms with Gasteiger partial charge in [-0.25, -0.2) is 0 Å². The second kappa shape index (κ2) is 39.2. The molecule has 1 aliphatic rings. The van der Waals surface area contributed by atoms with Crippen molar-refractivity contribution in [1.82, 2.24) is 5.32 Å². The Morgan fingerprint density at radius 2 is 1.00 bits per heavy atom. The number of aliphatic hydroxyl groups is 7. The lowest BCUT2D eigenvalue weighted by Gasteiger charge is -2.40. The van der Waals surface area contributed by atoms with E-state index < -0.39 is 74.2 Å². The van der Waals surface area contributed by atoms with Gasteiger partial charge in [0.2, 0.25) is 5.91 Å². The molecule has 0 radical (unpaired) electrons. The smallest absolute Gasteiger partial charge is 0.249 e. The summed E-state index contributed by atoms with van der Waals surface area (Å²) >= 11 is 0. The predicted molar refractivity (Wildman–Crippen MR) is 242 cm³/mol. The summed E-state index contributed by atoms with van der Waals surface area (Å²) in [6, 6.07) is -1.17. The van der Waals surface area contributed by atoms with Crippen molar-refractivity contribution in [3.63, 3.8) is 0 Å². The molecule has 9 unspecified atom stereocenters. The highest BCUT2D eigenvalue weighted by Gasteiger charge is 2.44. The lowest BCUT2D eigenvalue weighted by molar-refractivity contribution is -0.303. The maximum absolute atomic E-state index is 13.1. The molecular formula is C49H93NO10. The van der Waals surface area contributed by atoms with Crippen LogP contribution >= 0.6 is 0 Å². The highest BCUT2D eigenvalue weighted by Crippen LogP contribution is 2.23. The molecule has 1 rings (SSSR count). The standard InChI is InChI=1S/C49H93NO10/c1-3-5-7-9-11-13-15-17-19-20-21-23-25-27-29-31-33-35-37-42(53)48(58)50-40(39-59-49-47(57)46(56)45(55)43(38-51)60-49)44(54)41(52)36-34-32-30-28-26-24-22-18-16-14-12-10-8-6-4-2/h11,13,15,17,40-47,49,51-57H,3-10,12,14,16,18-39H2,1-2H3,(H,50,58)/b13-11-,17-15-. The average molecular weight is 856 g/mol. The summed E-state index contributed by atoms with van der Waals surface area (Å²) in [7, 11) is 0. The number of nitrogens with one attached hydrogen (secondary N) is 1. The number of unbranched alkanes of at least 4 members (excludes halogenated alkanes) is 26. The number of amides is 1. The van der Waals surface area contributed by atoms with Gasteiger partial charge in [0.05, 0.1) is 25.4 Å². The van der Waals surface area contributed by atoms with Gasteiger partial charge in [-0.2, -0.15) is 0 Å². The summed E-state index contributed by atoms with van der Waals surface area (Å²) in [6.07, 6.45) is 32.1. The molecule has 1 fully saturated rings. The van der Waals surface area contributed by atoms with Gasteiger partial charge in [0.25, 0.3) is 0 Å². The Balaban J connectivity index is 2.42. The molecule has 0 aromatic carbocycles. The molecule has 0 bridgehead atoms. The van der Waals surface area contributed by atoms with Gasteiger partial charge >= 0.3 is 0 Å². The molecule has 60 heavy (non-hydrogen) atoms. The van der Waals surface area contributed by atoms with E-state index in [9.17, 15) is 40.5 Å². The number of hydrogen-bond donors (Lipinski definition) is 8. The fraction of sp³-hybridized carbons (Fsp3) is 0.898. The number of carbonyl (C=O) groups excluding carboxylic acids is 1. The molecule has 0 aromatic heterocycles. The van der Waals surface area contributed by atoms with Gasteiger partial charge in [-0.05, 0) is 38.5 Å². The Kier molecular flexibility index (Phi) is 37.0. The first-order chi connectivity index (χ1) is 29.2. The third-order valence-corrected chi connectivity index (χ3v) is 12.0. The summed E-state index contributed by atoms with van der Waals surface area (Å²) < 4.78 is 11.1. The van der Waals surface area contributed by atoms with Crippen molar-refractivity contribution in [2.45, 2.75) is 268 Å². The first kappa shape index (κ1) is 56.6. The van der Waals surface area contributed by atoms with Crippen molar-refractivity contribution in [2.75, 3.05) is 13.2 Å². The zero-order valence-electron chi connectivity index (χ0n) is 38.2. The van der Waals surface area contributed by atoms with Crippen LogP contribution in [0.3, 0.4) is 0 Å². The van der Waals surface area contributed by atoms with Crippen molar-refractivity contribution in [3.05, 3.63) is 24.3 Å². The highest BCUT2D eigenvalue weighted by molar-refractivity contribution is 5.80. The van der Waals surface area contributed by atoms with Gasteiger partial charge in [0, 0.05) is 0 Å². The predicted octanol–water partition coefficient (Wildman–Crippen LogP) is 8.62. The fourth-order valence-corrected chi connectivity index (χ4v) is 7.90. The minimum absolute atomic E-state index is 0.255. The summed E-state index contributed by atoms with van der Waals surface area (Å²) in [6.45, 7) is 3.42. The number of rotatable bonds is 41. The van der Waals surface area contributed by atoms with Crippen molar-refractivity contribution < 1.29 is 50.0 Å². The van der Waals surface area contributed by atoms with Crippen molar-refractivity contribution in [1.29, 1.82) is 0 Å². The van der Waals surface area contributed by atoms with Crippen LogP contribution in [0.2, 0.25) is 0 Å². The largest absolute Gasteiger partial charge is 0.394 e. The quantitative estimate of drug-likeness (QED) is 0.0218. The van der Waals surface area contributed by atoms with E-state index in [1.165, 1.54) is 128 Å². The summed E-state index contributed by atoms with van der Waals surface area (Å²) in [4.78, 5) is 13.1. The van der Waals surface area contributed by atoms with Crippen LogP contribution in [0, 0.1) is 0 Å². The molecule has 1 heterocycles. The summed E-state index contributed by atoms with van der Waals surface area (Å²) in [5.74, 6) is -0.700. The Morgan fingerprint density at radius 3 is 1.48 bits per heavy atom. The Labute approximate surface area is 365 Å². The van der Waals surface area contributed by atoms with Crippen LogP contribution in [0.25, 0.3) is 0 Å². The van der Waals surface area contributed by atoms with E-state index in [0.29, 0.717) is 19.3 Å². The molecule has 1 aliphatic heterocycles. The van der Waals surface area contributed by atoms with E-state index >= 15 is 0 Å². The van der Waals surface area contributed by atoms with Crippen LogP contribution in [-0.4, -0.2) is 110 Å². The zero-order valence-corrected chi connectivity index (χ0v) is 38.2. The first-order valence-corrected chi connectivity index (χ1v) is 24.8. The van der Waals surface area contributed by atoms with Crippen LogP contribution in [-0.2, 0) is 14.3 Å². The minimum Gasteiger partial charge on any atom is -0.394 e. The third kappa shape index (κ3) is 28.3. The normalized spacial score (nSPS) is 21.8. The average Bonchev–Trinajstić information content (AvgIpc) is 3.25. The zero-order chi connectivity index (χ0) is 44.1. The van der Waals surface area contributed by atoms with Crippen molar-refractivity contribution in [2.24, 2.45) is 0 Å². The Bertz CT molecular complexity index is 1030. The second-order valence-corrected chi connectivity index (χ2v) is 17.6. The summed E-state index contributed by atoms with van der Waals surface area (Å²) in [5, 5.41) is 75.8. The molecule has 1 amide bonds. The van der Waals surface area contributed by atoms with Gasteiger partial charge < -0.3 is 50.5 Å². The summed E-state index contributed by atoms with van der Waals surface area (Å²) in [5.41, 5.74) is 0. The highest BCUT2D eigenvalue weighted by atomic mass is 16.7. The lowest BCUT2D eigenvalue weighted by Crippen LogP contribution is -2.60. The SMILES string of the molecule is CCCCC/C=C\C=C/CCCCCCCCCCCC(O)C(=O)NC(COC1OC(CO)C(O)C(O)C1O)C(O)C(O)CCCCCCCCCCCCCCCCC. The van der Waals surface area contributed by atoms with Crippen LogP contribution < -0.4 is 5.32 Å². The minimum atomic E-state index is -1.66. The maximum atomic E-state index is 13.1. The molecule has 8 N–H and O–H groups in total. The number of allylic oxidation sites excluding steroid dienone is 4. The third-order valence-electron chi connectivity index (χ3n) is 12.0.